The monoisotopic (exact) mass is 292 g/mol. The SMILES string of the molecule is COc1ccc(C(=O)NCCc2n[nH]c(=S)n2C)cc1. The number of hydrogen-bond donors (Lipinski definition) is 2. The molecule has 0 aliphatic carbocycles. The van der Waals surface area contributed by atoms with Crippen molar-refractivity contribution in [3.8, 4) is 5.75 Å². The first-order valence-electron chi connectivity index (χ1n) is 6.14. The van der Waals surface area contributed by atoms with Crippen LogP contribution in [0.4, 0.5) is 0 Å². The van der Waals surface area contributed by atoms with E-state index in [-0.39, 0.29) is 5.91 Å². The summed E-state index contributed by atoms with van der Waals surface area (Å²) in [6.45, 7) is 0.498. The molecule has 0 saturated heterocycles. The Hall–Kier alpha value is -2.15. The number of nitrogens with one attached hydrogen (secondary N) is 2. The summed E-state index contributed by atoms with van der Waals surface area (Å²) < 4.78 is 7.40. The average molecular weight is 292 g/mol. The van der Waals surface area contributed by atoms with Crippen LogP contribution in [0.15, 0.2) is 24.3 Å². The number of aromatic amines is 1. The maximum absolute atomic E-state index is 11.9. The van der Waals surface area contributed by atoms with Gasteiger partial charge in [-0.3, -0.25) is 9.89 Å². The fraction of sp³-hybridized carbons (Fsp3) is 0.308. The molecule has 0 saturated carbocycles. The second-order valence-electron chi connectivity index (χ2n) is 4.24. The molecule has 0 fully saturated rings. The van der Waals surface area contributed by atoms with Gasteiger partial charge in [-0.1, -0.05) is 0 Å². The number of benzene rings is 1. The normalized spacial score (nSPS) is 10.3. The van der Waals surface area contributed by atoms with E-state index in [9.17, 15) is 4.79 Å². The Morgan fingerprint density at radius 2 is 2.15 bits per heavy atom. The lowest BCUT2D eigenvalue weighted by atomic mass is 10.2. The minimum atomic E-state index is -0.121. The average Bonchev–Trinajstić information content (AvgIpc) is 2.79. The van der Waals surface area contributed by atoms with Gasteiger partial charge >= 0.3 is 0 Å². The van der Waals surface area contributed by atoms with Gasteiger partial charge in [-0.2, -0.15) is 5.10 Å². The molecule has 0 atom stereocenters. The van der Waals surface area contributed by atoms with E-state index in [0.29, 0.717) is 23.3 Å². The molecule has 6 nitrogen and oxygen atoms in total. The standard InChI is InChI=1S/C13H16N4O2S/c1-17-11(15-16-13(17)20)7-8-14-12(18)9-3-5-10(19-2)6-4-9/h3-6H,7-8H2,1-2H3,(H,14,18)(H,16,20). The summed E-state index contributed by atoms with van der Waals surface area (Å²) in [5.41, 5.74) is 0.598. The zero-order chi connectivity index (χ0) is 14.5. The lowest BCUT2D eigenvalue weighted by Gasteiger charge is -2.06. The Morgan fingerprint density at radius 1 is 1.45 bits per heavy atom. The number of methoxy groups -OCH3 is 1. The number of aromatic nitrogens is 3. The van der Waals surface area contributed by atoms with Crippen LogP contribution in [0.2, 0.25) is 0 Å². The van der Waals surface area contributed by atoms with Crippen LogP contribution < -0.4 is 10.1 Å². The van der Waals surface area contributed by atoms with Crippen molar-refractivity contribution < 1.29 is 9.53 Å². The maximum Gasteiger partial charge on any atom is 0.251 e. The van der Waals surface area contributed by atoms with E-state index < -0.39 is 0 Å². The topological polar surface area (TPSA) is 71.9 Å². The van der Waals surface area contributed by atoms with Crippen LogP contribution in [0.5, 0.6) is 5.75 Å². The minimum absolute atomic E-state index is 0.121. The van der Waals surface area contributed by atoms with Crippen LogP contribution >= 0.6 is 12.2 Å². The van der Waals surface area contributed by atoms with Gasteiger partial charge in [0.2, 0.25) is 0 Å². The molecule has 0 spiro atoms. The number of nitrogens with zero attached hydrogens (tertiary/aromatic N) is 2. The van der Waals surface area contributed by atoms with E-state index in [4.69, 9.17) is 17.0 Å². The number of carbonyl (C=O) groups excluding carboxylic acids is 1. The predicted octanol–water partition coefficient (Wildman–Crippen LogP) is 1.46. The Bertz CT molecular complexity index is 645. The number of carbonyl (C=O) groups is 1. The number of rotatable bonds is 5. The van der Waals surface area contributed by atoms with Crippen LogP contribution in [0.3, 0.4) is 0 Å². The lowest BCUT2D eigenvalue weighted by molar-refractivity contribution is 0.0954. The quantitative estimate of drug-likeness (QED) is 0.818. The van der Waals surface area contributed by atoms with Gasteiger partial charge in [0.05, 0.1) is 7.11 Å². The second kappa shape index (κ2) is 6.33. The van der Waals surface area contributed by atoms with E-state index in [1.807, 2.05) is 7.05 Å². The number of hydrogen-bond acceptors (Lipinski definition) is 4. The van der Waals surface area contributed by atoms with E-state index in [1.54, 1.807) is 35.9 Å². The van der Waals surface area contributed by atoms with Crippen molar-refractivity contribution in [2.45, 2.75) is 6.42 Å². The third-order valence-electron chi connectivity index (χ3n) is 2.96. The van der Waals surface area contributed by atoms with Crippen LogP contribution in [0, 0.1) is 4.77 Å². The van der Waals surface area contributed by atoms with Gasteiger partial charge in [-0.25, -0.2) is 0 Å². The minimum Gasteiger partial charge on any atom is -0.497 e. The molecule has 2 N–H and O–H groups in total. The summed E-state index contributed by atoms with van der Waals surface area (Å²) in [7, 11) is 3.43. The second-order valence-corrected chi connectivity index (χ2v) is 4.63. The van der Waals surface area contributed by atoms with Gasteiger partial charge < -0.3 is 14.6 Å². The Balaban J connectivity index is 1.88. The fourth-order valence-electron chi connectivity index (χ4n) is 1.74. The molecular weight excluding hydrogens is 276 g/mol. The van der Waals surface area contributed by atoms with Crippen molar-refractivity contribution in [3.05, 3.63) is 40.4 Å². The summed E-state index contributed by atoms with van der Waals surface area (Å²) in [5, 5.41) is 9.63. The summed E-state index contributed by atoms with van der Waals surface area (Å²) in [4.78, 5) is 11.9. The third kappa shape index (κ3) is 3.24. The van der Waals surface area contributed by atoms with Crippen LogP contribution in [-0.2, 0) is 13.5 Å². The van der Waals surface area contributed by atoms with Crippen molar-refractivity contribution in [1.82, 2.24) is 20.1 Å². The largest absolute Gasteiger partial charge is 0.497 e. The van der Waals surface area contributed by atoms with Gasteiger partial charge in [-0.15, -0.1) is 0 Å². The molecule has 1 aromatic heterocycles. The Labute approximate surface area is 121 Å². The van der Waals surface area contributed by atoms with E-state index in [1.165, 1.54) is 0 Å². The molecule has 1 heterocycles. The molecule has 0 aliphatic heterocycles. The molecule has 1 amide bonds. The van der Waals surface area contributed by atoms with Gasteiger partial charge in [0, 0.05) is 25.6 Å². The Kier molecular flexibility index (Phi) is 4.52. The molecule has 2 rings (SSSR count). The lowest BCUT2D eigenvalue weighted by Crippen LogP contribution is -2.26. The molecule has 0 radical (unpaired) electrons. The van der Waals surface area contributed by atoms with Crippen LogP contribution in [0.1, 0.15) is 16.2 Å². The predicted molar refractivity (Wildman–Crippen MR) is 77.4 cm³/mol. The molecule has 1 aromatic carbocycles. The van der Waals surface area contributed by atoms with Crippen LogP contribution in [-0.4, -0.2) is 34.3 Å². The first-order valence-corrected chi connectivity index (χ1v) is 6.55. The fourth-order valence-corrected chi connectivity index (χ4v) is 1.89. The molecule has 106 valence electrons. The van der Waals surface area contributed by atoms with Gasteiger partial charge in [0.15, 0.2) is 4.77 Å². The zero-order valence-electron chi connectivity index (χ0n) is 11.3. The highest BCUT2D eigenvalue weighted by atomic mass is 32.1. The molecule has 20 heavy (non-hydrogen) atoms. The first-order chi connectivity index (χ1) is 9.61. The molecule has 7 heteroatoms. The van der Waals surface area contributed by atoms with Crippen molar-refractivity contribution in [3.63, 3.8) is 0 Å². The van der Waals surface area contributed by atoms with Crippen molar-refractivity contribution >= 4 is 18.1 Å². The summed E-state index contributed by atoms with van der Waals surface area (Å²) >= 11 is 5.02. The summed E-state index contributed by atoms with van der Waals surface area (Å²) in [5.74, 6) is 1.41. The third-order valence-corrected chi connectivity index (χ3v) is 3.32. The van der Waals surface area contributed by atoms with Crippen molar-refractivity contribution in [2.75, 3.05) is 13.7 Å². The zero-order valence-corrected chi connectivity index (χ0v) is 12.2. The summed E-state index contributed by atoms with van der Waals surface area (Å²) in [6.07, 6.45) is 0.617. The summed E-state index contributed by atoms with van der Waals surface area (Å²) in [6, 6.07) is 6.96. The van der Waals surface area contributed by atoms with Gasteiger partial charge in [0.1, 0.15) is 11.6 Å². The maximum atomic E-state index is 11.9. The highest BCUT2D eigenvalue weighted by Gasteiger charge is 2.06. The molecule has 2 aromatic rings. The van der Waals surface area contributed by atoms with Gasteiger partial charge in [-0.05, 0) is 36.5 Å². The van der Waals surface area contributed by atoms with Gasteiger partial charge in [0.25, 0.3) is 5.91 Å². The van der Waals surface area contributed by atoms with E-state index in [0.717, 1.165) is 11.6 Å². The number of amides is 1. The number of H-pyrrole nitrogens is 1. The molecular formula is C13H16N4O2S. The van der Waals surface area contributed by atoms with Crippen LogP contribution in [0.25, 0.3) is 0 Å². The van der Waals surface area contributed by atoms with E-state index >= 15 is 0 Å². The Morgan fingerprint density at radius 3 is 2.70 bits per heavy atom. The molecule has 0 bridgehead atoms. The number of ether oxygens (including phenoxy) is 1. The highest BCUT2D eigenvalue weighted by molar-refractivity contribution is 7.71. The van der Waals surface area contributed by atoms with E-state index in [2.05, 4.69) is 15.5 Å². The van der Waals surface area contributed by atoms with Crippen molar-refractivity contribution in [1.29, 1.82) is 0 Å². The molecule has 0 aliphatic rings. The molecule has 0 unspecified atom stereocenters. The first kappa shape index (κ1) is 14.3. The highest BCUT2D eigenvalue weighted by Crippen LogP contribution is 2.10. The van der Waals surface area contributed by atoms with Crippen molar-refractivity contribution in [2.24, 2.45) is 7.05 Å². The smallest absolute Gasteiger partial charge is 0.251 e.